The highest BCUT2D eigenvalue weighted by atomic mass is 17.1. The van der Waals surface area contributed by atoms with Gasteiger partial charge in [0.05, 0.1) is 12.1 Å². The summed E-state index contributed by atoms with van der Waals surface area (Å²) in [6, 6.07) is 5.99. The Hall–Kier alpha value is -2.81. The van der Waals surface area contributed by atoms with Crippen molar-refractivity contribution in [3.8, 4) is 5.75 Å². The van der Waals surface area contributed by atoms with Gasteiger partial charge in [-0.3, -0.25) is 9.68 Å². The van der Waals surface area contributed by atoms with E-state index in [0.29, 0.717) is 0 Å². The van der Waals surface area contributed by atoms with Crippen LogP contribution in [0.2, 0.25) is 0 Å². The Labute approximate surface area is 119 Å². The Bertz CT molecular complexity index is 518. The van der Waals surface area contributed by atoms with Crippen LogP contribution < -0.4 is 10.6 Å². The molecule has 0 unspecified atom stereocenters. The lowest BCUT2D eigenvalue weighted by Crippen LogP contribution is -2.33. The van der Waals surface area contributed by atoms with Gasteiger partial charge in [-0.2, -0.15) is 5.26 Å². The third-order valence-corrected chi connectivity index (χ3v) is 2.25. The first kappa shape index (κ1) is 16.2. The van der Waals surface area contributed by atoms with Gasteiger partial charge < -0.3 is 20.5 Å². The van der Waals surface area contributed by atoms with Gasteiger partial charge in [-0.1, -0.05) is 12.1 Å². The number of hydrogen-bond acceptors (Lipinski definition) is 7. The molecule has 0 atom stereocenters. The molecule has 114 valence electrons. The number of carbonyl (C=O) groups excluding carboxylic acids is 3. The molecular formula is C12H14N2O7. The van der Waals surface area contributed by atoms with Crippen molar-refractivity contribution < 1.29 is 34.4 Å². The minimum atomic E-state index is -1.04. The topological polar surface area (TPSA) is 134 Å². The van der Waals surface area contributed by atoms with Gasteiger partial charge in [0.1, 0.15) is 18.9 Å². The second-order valence-corrected chi connectivity index (χ2v) is 3.73. The van der Waals surface area contributed by atoms with E-state index in [2.05, 4.69) is 14.9 Å². The summed E-state index contributed by atoms with van der Waals surface area (Å²) in [7, 11) is 0. The van der Waals surface area contributed by atoms with Crippen LogP contribution in [0, 0.1) is 0 Å². The van der Waals surface area contributed by atoms with E-state index in [1.54, 1.807) is 12.1 Å². The highest BCUT2D eigenvalue weighted by Crippen LogP contribution is 2.14. The number of phenols is 1. The number of amides is 2. The van der Waals surface area contributed by atoms with E-state index < -0.39 is 24.5 Å². The summed E-state index contributed by atoms with van der Waals surface area (Å²) in [5.41, 5.74) is 0.104. The molecule has 21 heavy (non-hydrogen) atoms. The monoisotopic (exact) mass is 298 g/mol. The molecule has 0 bridgehead atoms. The average Bonchev–Trinajstić information content (AvgIpc) is 2.49. The van der Waals surface area contributed by atoms with Crippen LogP contribution in [-0.4, -0.2) is 48.0 Å². The molecule has 0 radical (unpaired) electrons. The summed E-state index contributed by atoms with van der Waals surface area (Å²) in [6.07, 6.45) is -0.905. The summed E-state index contributed by atoms with van der Waals surface area (Å²) in [4.78, 5) is 36.5. The van der Waals surface area contributed by atoms with E-state index in [9.17, 15) is 19.5 Å². The molecule has 0 aliphatic heterocycles. The molecule has 0 aliphatic rings. The number of nitrogens with one attached hydrogen (secondary N) is 2. The lowest BCUT2D eigenvalue weighted by Gasteiger charge is -2.08. The van der Waals surface area contributed by atoms with Crippen molar-refractivity contribution in [2.45, 2.75) is 0 Å². The maximum absolute atomic E-state index is 11.6. The molecule has 0 saturated heterocycles. The fraction of sp³-hybridized carbons (Fsp3) is 0.250. The maximum Gasteiger partial charge on any atom is 0.407 e. The summed E-state index contributed by atoms with van der Waals surface area (Å²) in [5, 5.41) is 21.8. The quantitative estimate of drug-likeness (QED) is 0.326. The standard InChI is InChI=1S/C12H14N2O7/c15-9-4-2-1-3-8(9)11(17)13-5-6-20-12(18)14-7-10(16)21-19/h1-4,15,19H,5-7H2,(H,13,17)(H,14,18). The Morgan fingerprint density at radius 1 is 1.14 bits per heavy atom. The lowest BCUT2D eigenvalue weighted by atomic mass is 10.2. The molecule has 1 aromatic rings. The van der Waals surface area contributed by atoms with Crippen molar-refractivity contribution in [1.29, 1.82) is 0 Å². The van der Waals surface area contributed by atoms with Crippen LogP contribution in [0.15, 0.2) is 24.3 Å². The summed E-state index contributed by atoms with van der Waals surface area (Å²) < 4.78 is 4.64. The predicted molar refractivity (Wildman–Crippen MR) is 68.5 cm³/mol. The van der Waals surface area contributed by atoms with Crippen molar-refractivity contribution in [2.24, 2.45) is 0 Å². The third kappa shape index (κ3) is 5.78. The number of phenolic OH excluding ortho intramolecular Hbond substituents is 1. The molecule has 0 aromatic heterocycles. The first-order valence-electron chi connectivity index (χ1n) is 5.85. The van der Waals surface area contributed by atoms with Gasteiger partial charge in [0.25, 0.3) is 5.91 Å². The Morgan fingerprint density at radius 2 is 1.86 bits per heavy atom. The van der Waals surface area contributed by atoms with Crippen LogP contribution in [0.5, 0.6) is 5.75 Å². The summed E-state index contributed by atoms with van der Waals surface area (Å²) >= 11 is 0. The number of benzene rings is 1. The van der Waals surface area contributed by atoms with E-state index in [1.807, 2.05) is 5.32 Å². The molecule has 2 amide bonds. The molecule has 0 saturated carbocycles. The van der Waals surface area contributed by atoms with Crippen LogP contribution in [0.1, 0.15) is 10.4 Å². The van der Waals surface area contributed by atoms with Crippen LogP contribution in [0.25, 0.3) is 0 Å². The van der Waals surface area contributed by atoms with Crippen LogP contribution in [0.4, 0.5) is 4.79 Å². The smallest absolute Gasteiger partial charge is 0.407 e. The van der Waals surface area contributed by atoms with E-state index in [1.165, 1.54) is 12.1 Å². The van der Waals surface area contributed by atoms with Gasteiger partial charge >= 0.3 is 12.1 Å². The number of aromatic hydroxyl groups is 1. The molecule has 0 aliphatic carbocycles. The first-order chi connectivity index (χ1) is 10.0. The molecule has 4 N–H and O–H groups in total. The molecule has 0 heterocycles. The van der Waals surface area contributed by atoms with E-state index in [4.69, 9.17) is 5.26 Å². The molecule has 0 spiro atoms. The molecule has 9 nitrogen and oxygen atoms in total. The third-order valence-electron chi connectivity index (χ3n) is 2.25. The van der Waals surface area contributed by atoms with Gasteiger partial charge in [-0.25, -0.2) is 9.59 Å². The Balaban J connectivity index is 2.22. The van der Waals surface area contributed by atoms with Gasteiger partial charge in [0, 0.05) is 0 Å². The second-order valence-electron chi connectivity index (χ2n) is 3.73. The van der Waals surface area contributed by atoms with E-state index in [-0.39, 0.29) is 24.5 Å². The first-order valence-corrected chi connectivity index (χ1v) is 5.85. The van der Waals surface area contributed by atoms with Crippen molar-refractivity contribution >= 4 is 18.0 Å². The highest BCUT2D eigenvalue weighted by Gasteiger charge is 2.10. The van der Waals surface area contributed by atoms with Gasteiger partial charge in [-0.05, 0) is 12.1 Å². The summed E-state index contributed by atoms with van der Waals surface area (Å²) in [5.74, 6) is -1.71. The zero-order valence-corrected chi connectivity index (χ0v) is 10.9. The zero-order chi connectivity index (χ0) is 15.7. The number of ether oxygens (including phenoxy) is 1. The zero-order valence-electron chi connectivity index (χ0n) is 10.9. The largest absolute Gasteiger partial charge is 0.507 e. The maximum atomic E-state index is 11.6. The number of para-hydroxylation sites is 1. The fourth-order valence-electron chi connectivity index (χ4n) is 1.30. The lowest BCUT2D eigenvalue weighted by molar-refractivity contribution is -0.232. The predicted octanol–water partition coefficient (Wildman–Crippen LogP) is -0.136. The molecule has 9 heteroatoms. The fourth-order valence-corrected chi connectivity index (χ4v) is 1.30. The second kappa shape index (κ2) is 8.38. The Kier molecular flexibility index (Phi) is 6.48. The van der Waals surface area contributed by atoms with Crippen LogP contribution >= 0.6 is 0 Å². The molecular weight excluding hydrogens is 284 g/mol. The molecule has 1 rings (SSSR count). The molecule has 0 fully saturated rings. The van der Waals surface area contributed by atoms with Crippen molar-refractivity contribution in [3.63, 3.8) is 0 Å². The Morgan fingerprint density at radius 3 is 2.52 bits per heavy atom. The highest BCUT2D eigenvalue weighted by molar-refractivity contribution is 5.96. The van der Waals surface area contributed by atoms with Crippen molar-refractivity contribution in [1.82, 2.24) is 10.6 Å². The van der Waals surface area contributed by atoms with E-state index >= 15 is 0 Å². The van der Waals surface area contributed by atoms with Crippen LogP contribution in [-0.2, 0) is 14.4 Å². The van der Waals surface area contributed by atoms with Gasteiger partial charge in [0.15, 0.2) is 0 Å². The van der Waals surface area contributed by atoms with Gasteiger partial charge in [0.2, 0.25) is 0 Å². The minimum Gasteiger partial charge on any atom is -0.507 e. The van der Waals surface area contributed by atoms with Crippen molar-refractivity contribution in [3.05, 3.63) is 29.8 Å². The number of alkyl carbamates (subject to hydrolysis) is 1. The minimum absolute atomic E-state index is 0.0189. The number of hydrogen-bond donors (Lipinski definition) is 4. The number of rotatable bonds is 6. The SMILES string of the molecule is O=C(CNC(=O)OCCNC(=O)c1ccccc1O)OO. The average molecular weight is 298 g/mol. The number of carbonyl (C=O) groups is 3. The molecule has 1 aromatic carbocycles. The van der Waals surface area contributed by atoms with E-state index in [0.717, 1.165) is 0 Å². The summed E-state index contributed by atoms with van der Waals surface area (Å²) in [6.45, 7) is -0.663. The van der Waals surface area contributed by atoms with Gasteiger partial charge in [-0.15, -0.1) is 0 Å². The van der Waals surface area contributed by atoms with Crippen molar-refractivity contribution in [2.75, 3.05) is 19.7 Å². The normalized spacial score (nSPS) is 9.57. The van der Waals surface area contributed by atoms with Crippen LogP contribution in [0.3, 0.4) is 0 Å².